The van der Waals surface area contributed by atoms with E-state index < -0.39 is 8.51 Å². The molecule has 0 N–H and O–H groups in total. The Kier molecular flexibility index (Phi) is 5.28. The van der Waals surface area contributed by atoms with E-state index in [0.717, 1.165) is 6.54 Å². The van der Waals surface area contributed by atoms with Gasteiger partial charge in [-0.3, -0.25) is 0 Å². The van der Waals surface area contributed by atoms with Gasteiger partial charge >= 0.3 is 25.3 Å². The van der Waals surface area contributed by atoms with Crippen LogP contribution >= 0.6 is 8.51 Å². The Morgan fingerprint density at radius 3 is 2.11 bits per heavy atom. The predicted molar refractivity (Wildman–Crippen MR) is 63.9 cm³/mol. The van der Waals surface area contributed by atoms with Gasteiger partial charge in [-0.2, -0.15) is 0 Å². The molecule has 1 aromatic carbocycles. The monoisotopic (exact) mass is 281 g/mol. The van der Waals surface area contributed by atoms with Crippen molar-refractivity contribution in [2.75, 3.05) is 0 Å². The molecule has 0 radical (unpaired) electrons. The summed E-state index contributed by atoms with van der Waals surface area (Å²) < 4.78 is 43.5. The van der Waals surface area contributed by atoms with E-state index in [9.17, 15) is 16.8 Å². The van der Waals surface area contributed by atoms with Crippen molar-refractivity contribution in [1.29, 1.82) is 0 Å². The van der Waals surface area contributed by atoms with Gasteiger partial charge in [0.15, 0.2) is 0 Å². The van der Waals surface area contributed by atoms with E-state index in [-0.39, 0.29) is 0 Å². The zero-order valence-corrected chi connectivity index (χ0v) is 10.7. The topological polar surface area (TPSA) is 8.81 Å². The summed E-state index contributed by atoms with van der Waals surface area (Å²) in [6.45, 7) is 0.946. The number of halogens is 4. The molecule has 0 aliphatic carbocycles. The molecule has 0 saturated carbocycles. The first-order valence-corrected chi connectivity index (χ1v) is 6.66. The van der Waals surface area contributed by atoms with Crippen molar-refractivity contribution in [2.45, 2.75) is 6.54 Å². The predicted octanol–water partition coefficient (Wildman–Crippen LogP) is 3.64. The second-order valence-electron chi connectivity index (χ2n) is 3.67. The number of aromatic nitrogens is 2. The van der Waals surface area contributed by atoms with Gasteiger partial charge in [-0.05, 0) is 5.56 Å². The number of benzene rings is 1. The maximum absolute atomic E-state index is 9.83. The second kappa shape index (κ2) is 6.50. The van der Waals surface area contributed by atoms with E-state index in [2.05, 4.69) is 41.4 Å². The quantitative estimate of drug-likeness (QED) is 0.451. The summed E-state index contributed by atoms with van der Waals surface area (Å²) in [6.07, 6.45) is 6.20. The number of hydrogen-bond donors (Lipinski definition) is 0. The first kappa shape index (κ1) is 14.6. The molecule has 0 saturated heterocycles. The molecule has 0 fully saturated rings. The number of imidazole rings is 1. The van der Waals surface area contributed by atoms with Gasteiger partial charge in [0.1, 0.15) is 18.9 Å². The van der Waals surface area contributed by atoms with Gasteiger partial charge in [0.2, 0.25) is 6.33 Å². The van der Waals surface area contributed by atoms with Crippen LogP contribution in [-0.2, 0) is 13.6 Å². The molecule has 0 amide bonds. The van der Waals surface area contributed by atoms with Crippen LogP contribution in [0.1, 0.15) is 5.56 Å². The summed E-state index contributed by atoms with van der Waals surface area (Å²) in [6, 6.07) is 10.5. The van der Waals surface area contributed by atoms with Crippen LogP contribution in [0.5, 0.6) is 0 Å². The normalized spacial score (nSPS) is 11.6. The zero-order valence-electron chi connectivity index (χ0n) is 9.73. The minimum atomic E-state index is -6.61. The molecule has 2 rings (SSSR count). The molecule has 1 heterocycles. The summed E-state index contributed by atoms with van der Waals surface area (Å²) in [5, 5.41) is 0. The Morgan fingerprint density at radius 2 is 1.67 bits per heavy atom. The van der Waals surface area contributed by atoms with Crippen molar-refractivity contribution in [2.24, 2.45) is 7.05 Å². The zero-order chi connectivity index (χ0) is 13.6. The number of aryl methyl sites for hydroxylation is 1. The summed E-state index contributed by atoms with van der Waals surface area (Å²) in [4.78, 5) is 0. The summed E-state index contributed by atoms with van der Waals surface area (Å²) in [7, 11) is -4.58. The van der Waals surface area contributed by atoms with E-state index >= 15 is 0 Å². The maximum atomic E-state index is 9.83. The number of nitrogens with zero attached hydrogens (tertiary/aromatic N) is 2. The molecule has 7 heteroatoms. The van der Waals surface area contributed by atoms with Crippen LogP contribution in [-0.4, -0.2) is 4.57 Å². The van der Waals surface area contributed by atoms with Gasteiger partial charge in [0, 0.05) is 0 Å². The van der Waals surface area contributed by atoms with E-state index in [0.29, 0.717) is 0 Å². The van der Waals surface area contributed by atoms with Crippen molar-refractivity contribution in [3.05, 3.63) is 54.6 Å². The molecule has 0 atom stereocenters. The van der Waals surface area contributed by atoms with Crippen molar-refractivity contribution in [3.8, 4) is 0 Å². The average molecular weight is 281 g/mol. The standard InChI is InChI=1S/C11H13N2.F4HP/c1-12-7-8-13(10-12)9-11-5-3-2-4-6-11;1-5(2,3)4/h2-8,10H,9H2,1H3;5H/q+1;-1. The second-order valence-corrected chi connectivity index (χ2v) is 4.52. The van der Waals surface area contributed by atoms with Gasteiger partial charge < -0.3 is 0 Å². The van der Waals surface area contributed by atoms with E-state index in [1.165, 1.54) is 5.56 Å². The van der Waals surface area contributed by atoms with Gasteiger partial charge in [-0.25, -0.2) is 9.13 Å². The van der Waals surface area contributed by atoms with Crippen molar-refractivity contribution >= 4 is 8.51 Å². The first-order chi connectivity index (χ1) is 8.34. The molecule has 2 nitrogen and oxygen atoms in total. The fourth-order valence-corrected chi connectivity index (χ4v) is 1.39. The number of rotatable bonds is 2. The molecular formula is C11H14F4N2P. The van der Waals surface area contributed by atoms with Crippen LogP contribution in [0.15, 0.2) is 49.1 Å². The third-order valence-electron chi connectivity index (χ3n) is 2.03. The Bertz CT molecular complexity index is 461. The van der Waals surface area contributed by atoms with Crippen LogP contribution in [0.2, 0.25) is 0 Å². The number of hydrogen-bond acceptors (Lipinski definition) is 0. The van der Waals surface area contributed by atoms with Gasteiger partial charge in [-0.1, -0.05) is 30.3 Å². The Hall–Kier alpha value is -1.42. The van der Waals surface area contributed by atoms with Gasteiger partial charge in [-0.15, -0.1) is 0 Å². The van der Waals surface area contributed by atoms with Crippen molar-refractivity contribution in [1.82, 2.24) is 4.57 Å². The van der Waals surface area contributed by atoms with Gasteiger partial charge in [0.05, 0.1) is 7.05 Å². The molecule has 0 spiro atoms. The fourth-order valence-electron chi connectivity index (χ4n) is 1.39. The van der Waals surface area contributed by atoms with Crippen LogP contribution in [0.4, 0.5) is 16.8 Å². The van der Waals surface area contributed by atoms with E-state index in [4.69, 9.17) is 0 Å². The molecule has 1 aromatic heterocycles. The molecular weight excluding hydrogens is 267 g/mol. The molecule has 101 valence electrons. The molecule has 2 aromatic rings. The SMILES string of the molecule is Cn1cc[n+](Cc2ccccc2)c1.F[PH-](F)(F)F. The van der Waals surface area contributed by atoms with Crippen molar-refractivity contribution in [3.63, 3.8) is 0 Å². The van der Waals surface area contributed by atoms with Crippen LogP contribution in [0.25, 0.3) is 0 Å². The van der Waals surface area contributed by atoms with E-state index in [1.807, 2.05) is 23.9 Å². The van der Waals surface area contributed by atoms with E-state index in [1.54, 1.807) is 0 Å². The third-order valence-corrected chi connectivity index (χ3v) is 2.03. The van der Waals surface area contributed by atoms with Crippen molar-refractivity contribution < 1.29 is 21.4 Å². The van der Waals surface area contributed by atoms with Crippen LogP contribution in [0, 0.1) is 0 Å². The molecule has 0 aliphatic heterocycles. The molecule has 18 heavy (non-hydrogen) atoms. The van der Waals surface area contributed by atoms with Gasteiger partial charge in [0.25, 0.3) is 0 Å². The summed E-state index contributed by atoms with van der Waals surface area (Å²) in [5.74, 6) is 0. The first-order valence-electron chi connectivity index (χ1n) is 5.15. The van der Waals surface area contributed by atoms with Crippen LogP contribution < -0.4 is 4.57 Å². The fraction of sp³-hybridized carbons (Fsp3) is 0.182. The molecule has 0 bridgehead atoms. The Morgan fingerprint density at radius 1 is 1.11 bits per heavy atom. The Balaban J connectivity index is 0.000000280. The average Bonchev–Trinajstić information content (AvgIpc) is 2.63. The summed E-state index contributed by atoms with van der Waals surface area (Å²) >= 11 is 0. The molecule has 0 aliphatic rings. The Labute approximate surface area is 103 Å². The summed E-state index contributed by atoms with van der Waals surface area (Å²) in [5.41, 5.74) is 1.33. The third kappa shape index (κ3) is 7.01. The minimum absolute atomic E-state index is 0.946. The van der Waals surface area contributed by atoms with Crippen LogP contribution in [0.3, 0.4) is 0 Å². The molecule has 0 unspecified atom stereocenters.